The average Bonchev–Trinajstić information content (AvgIpc) is 2.91. The zero-order valence-corrected chi connectivity index (χ0v) is 20.6. The fourth-order valence-corrected chi connectivity index (χ4v) is 3.95. The van der Waals surface area contributed by atoms with Crippen LogP contribution in [0.2, 0.25) is 0 Å². The standard InChI is InChI=1S/C28H27N3O6/c1-16-9-10-18(26(33)31-23(15-32)17-7-5-4-6-8-17)12-21(16)29-27(34)20-11-19-13-24(36-2)25(37-3)14-22(19)30-28(20)35/h4-14,23,32H,15H2,1-3H3,(H,29,34)(H,30,35)(H,31,33)/t23-/m0/s1. The highest BCUT2D eigenvalue weighted by Gasteiger charge is 2.18. The van der Waals surface area contributed by atoms with Crippen molar-refractivity contribution in [1.29, 1.82) is 0 Å². The summed E-state index contributed by atoms with van der Waals surface area (Å²) >= 11 is 0. The molecule has 1 heterocycles. The van der Waals surface area contributed by atoms with Crippen molar-refractivity contribution >= 4 is 28.4 Å². The second-order valence-corrected chi connectivity index (χ2v) is 8.41. The van der Waals surface area contributed by atoms with Gasteiger partial charge in [-0.3, -0.25) is 14.4 Å². The van der Waals surface area contributed by atoms with Crippen molar-refractivity contribution in [3.63, 3.8) is 0 Å². The maximum Gasteiger partial charge on any atom is 0.261 e. The van der Waals surface area contributed by atoms with Crippen LogP contribution in [0.25, 0.3) is 10.9 Å². The third-order valence-electron chi connectivity index (χ3n) is 6.03. The molecule has 0 spiro atoms. The minimum Gasteiger partial charge on any atom is -0.493 e. The molecule has 0 unspecified atom stereocenters. The first-order valence-electron chi connectivity index (χ1n) is 11.5. The summed E-state index contributed by atoms with van der Waals surface area (Å²) in [4.78, 5) is 41.4. The monoisotopic (exact) mass is 501 g/mol. The van der Waals surface area contributed by atoms with E-state index in [2.05, 4.69) is 15.6 Å². The molecule has 0 aliphatic carbocycles. The normalized spacial score (nSPS) is 11.6. The van der Waals surface area contributed by atoms with Gasteiger partial charge in [0.1, 0.15) is 5.56 Å². The highest BCUT2D eigenvalue weighted by Crippen LogP contribution is 2.31. The molecule has 4 aromatic rings. The maximum atomic E-state index is 13.1. The van der Waals surface area contributed by atoms with Gasteiger partial charge in [-0.1, -0.05) is 36.4 Å². The molecule has 0 bridgehead atoms. The van der Waals surface area contributed by atoms with E-state index < -0.39 is 23.4 Å². The van der Waals surface area contributed by atoms with E-state index in [0.717, 1.165) is 5.56 Å². The van der Waals surface area contributed by atoms with Gasteiger partial charge in [0.15, 0.2) is 11.5 Å². The summed E-state index contributed by atoms with van der Waals surface area (Å²) in [6.07, 6.45) is 0. The molecule has 4 N–H and O–H groups in total. The van der Waals surface area contributed by atoms with Crippen LogP contribution in [0.4, 0.5) is 5.69 Å². The second kappa shape index (κ2) is 11.0. The number of aromatic nitrogens is 1. The molecule has 0 saturated heterocycles. The zero-order valence-electron chi connectivity index (χ0n) is 20.6. The first kappa shape index (κ1) is 25.5. The molecule has 190 valence electrons. The molecule has 0 saturated carbocycles. The molecule has 37 heavy (non-hydrogen) atoms. The number of ether oxygens (including phenoxy) is 2. The van der Waals surface area contributed by atoms with Crippen molar-refractivity contribution in [3.05, 3.63) is 99.3 Å². The number of aliphatic hydroxyl groups excluding tert-OH is 1. The number of amides is 2. The second-order valence-electron chi connectivity index (χ2n) is 8.41. The van der Waals surface area contributed by atoms with Gasteiger partial charge in [-0.25, -0.2) is 0 Å². The lowest BCUT2D eigenvalue weighted by Crippen LogP contribution is -2.31. The number of anilines is 1. The number of pyridine rings is 1. The van der Waals surface area contributed by atoms with Crippen molar-refractivity contribution in [2.75, 3.05) is 26.1 Å². The van der Waals surface area contributed by atoms with Gasteiger partial charge in [0.25, 0.3) is 17.4 Å². The highest BCUT2D eigenvalue weighted by molar-refractivity contribution is 6.07. The molecule has 0 radical (unpaired) electrons. The van der Waals surface area contributed by atoms with Crippen LogP contribution in [0.5, 0.6) is 11.5 Å². The summed E-state index contributed by atoms with van der Waals surface area (Å²) in [5.41, 5.74) is 1.96. The SMILES string of the molecule is COc1cc2cc(C(=O)Nc3cc(C(=O)N[C@@H](CO)c4ccccc4)ccc3C)c(=O)[nH]c2cc1OC. The number of aromatic amines is 1. The van der Waals surface area contributed by atoms with E-state index in [0.29, 0.717) is 39.2 Å². The van der Waals surface area contributed by atoms with Crippen LogP contribution in [0.1, 0.15) is 37.9 Å². The van der Waals surface area contributed by atoms with Crippen molar-refractivity contribution < 1.29 is 24.2 Å². The topological polar surface area (TPSA) is 130 Å². The Labute approximate surface area is 213 Å². The number of carbonyl (C=O) groups excluding carboxylic acids is 2. The Morgan fingerprint density at radius 2 is 1.65 bits per heavy atom. The number of carbonyl (C=O) groups is 2. The fourth-order valence-electron chi connectivity index (χ4n) is 3.95. The Balaban J connectivity index is 1.59. The number of aryl methyl sites for hydroxylation is 1. The molecule has 0 fully saturated rings. The van der Waals surface area contributed by atoms with Gasteiger partial charge in [-0.15, -0.1) is 0 Å². The first-order chi connectivity index (χ1) is 17.8. The lowest BCUT2D eigenvalue weighted by molar-refractivity contribution is 0.0915. The number of H-pyrrole nitrogens is 1. The van der Waals surface area contributed by atoms with Gasteiger partial charge in [0.2, 0.25) is 0 Å². The Kier molecular flexibility index (Phi) is 7.55. The van der Waals surface area contributed by atoms with Crippen LogP contribution in [0, 0.1) is 6.92 Å². The molecule has 0 aliphatic heterocycles. The minimum absolute atomic E-state index is 0.0987. The Morgan fingerprint density at radius 3 is 2.32 bits per heavy atom. The number of aliphatic hydroxyl groups is 1. The molecule has 1 atom stereocenters. The van der Waals surface area contributed by atoms with E-state index in [4.69, 9.17) is 9.47 Å². The number of hydrogen-bond acceptors (Lipinski definition) is 6. The summed E-state index contributed by atoms with van der Waals surface area (Å²) in [6.45, 7) is 1.51. The summed E-state index contributed by atoms with van der Waals surface area (Å²) in [5, 5.41) is 15.9. The lowest BCUT2D eigenvalue weighted by atomic mass is 10.1. The van der Waals surface area contributed by atoms with Crippen molar-refractivity contribution in [1.82, 2.24) is 10.3 Å². The van der Waals surface area contributed by atoms with E-state index in [1.807, 2.05) is 30.3 Å². The third-order valence-corrected chi connectivity index (χ3v) is 6.03. The number of nitrogens with one attached hydrogen (secondary N) is 3. The molecular weight excluding hydrogens is 474 g/mol. The van der Waals surface area contributed by atoms with Crippen molar-refractivity contribution in [3.8, 4) is 11.5 Å². The van der Waals surface area contributed by atoms with Crippen LogP contribution in [-0.2, 0) is 0 Å². The predicted octanol–water partition coefficient (Wildman–Crippen LogP) is 3.57. The number of fused-ring (bicyclic) bond motifs is 1. The molecule has 9 heteroatoms. The van der Waals surface area contributed by atoms with Crippen LogP contribution in [0.3, 0.4) is 0 Å². The molecule has 2 amide bonds. The smallest absolute Gasteiger partial charge is 0.261 e. The zero-order chi connectivity index (χ0) is 26.5. The van der Waals surface area contributed by atoms with Crippen molar-refractivity contribution in [2.24, 2.45) is 0 Å². The minimum atomic E-state index is -0.629. The fraction of sp³-hybridized carbons (Fsp3) is 0.179. The van der Waals surface area contributed by atoms with E-state index >= 15 is 0 Å². The van der Waals surface area contributed by atoms with E-state index in [1.54, 1.807) is 31.2 Å². The Bertz CT molecular complexity index is 1510. The van der Waals surface area contributed by atoms with E-state index in [9.17, 15) is 19.5 Å². The third kappa shape index (κ3) is 5.46. The molecule has 9 nitrogen and oxygen atoms in total. The predicted molar refractivity (Wildman–Crippen MR) is 141 cm³/mol. The molecule has 0 aliphatic rings. The van der Waals surface area contributed by atoms with Gasteiger partial charge in [-0.2, -0.15) is 0 Å². The number of benzene rings is 3. The first-order valence-corrected chi connectivity index (χ1v) is 11.5. The number of hydrogen-bond donors (Lipinski definition) is 4. The van der Waals surface area contributed by atoms with Crippen LogP contribution in [-0.4, -0.2) is 42.7 Å². The molecular formula is C28H27N3O6. The average molecular weight is 502 g/mol. The van der Waals surface area contributed by atoms with Crippen LogP contribution >= 0.6 is 0 Å². The van der Waals surface area contributed by atoms with Gasteiger partial charge < -0.3 is 30.2 Å². The molecule has 4 rings (SSSR count). The van der Waals surface area contributed by atoms with Crippen molar-refractivity contribution in [2.45, 2.75) is 13.0 Å². The summed E-state index contributed by atoms with van der Waals surface area (Å²) in [6, 6.07) is 18.2. The number of methoxy groups -OCH3 is 2. The van der Waals surface area contributed by atoms with Crippen LogP contribution < -0.4 is 25.7 Å². The highest BCUT2D eigenvalue weighted by atomic mass is 16.5. The van der Waals surface area contributed by atoms with Gasteiger partial charge in [-0.05, 0) is 42.3 Å². The molecule has 1 aromatic heterocycles. The van der Waals surface area contributed by atoms with Crippen LogP contribution in [0.15, 0.2) is 71.5 Å². The summed E-state index contributed by atoms with van der Waals surface area (Å²) < 4.78 is 10.6. The summed E-state index contributed by atoms with van der Waals surface area (Å²) in [7, 11) is 2.99. The van der Waals surface area contributed by atoms with Gasteiger partial charge >= 0.3 is 0 Å². The largest absolute Gasteiger partial charge is 0.493 e. The molecule has 3 aromatic carbocycles. The maximum absolute atomic E-state index is 13.1. The Morgan fingerprint density at radius 1 is 0.946 bits per heavy atom. The van der Waals surface area contributed by atoms with Gasteiger partial charge in [0.05, 0.1) is 32.4 Å². The van der Waals surface area contributed by atoms with E-state index in [-0.39, 0.29) is 12.2 Å². The number of rotatable bonds is 8. The summed E-state index contributed by atoms with van der Waals surface area (Å²) in [5.74, 6) is -0.136. The lowest BCUT2D eigenvalue weighted by Gasteiger charge is -2.17. The quantitative estimate of drug-likeness (QED) is 0.292. The Hall–Kier alpha value is -4.63. The van der Waals surface area contributed by atoms with Gasteiger partial charge in [0, 0.05) is 22.7 Å². The van der Waals surface area contributed by atoms with E-state index in [1.165, 1.54) is 26.4 Å².